The lowest BCUT2D eigenvalue weighted by atomic mass is 10.1. The first-order chi connectivity index (χ1) is 7.24. The molecule has 0 bridgehead atoms. The van der Waals surface area contributed by atoms with Crippen molar-refractivity contribution in [2.24, 2.45) is 0 Å². The van der Waals surface area contributed by atoms with Crippen molar-refractivity contribution in [3.8, 4) is 0 Å². The van der Waals surface area contributed by atoms with E-state index in [1.807, 2.05) is 24.3 Å². The number of alkyl halides is 1. The van der Waals surface area contributed by atoms with Gasteiger partial charge in [0.25, 0.3) is 0 Å². The van der Waals surface area contributed by atoms with Gasteiger partial charge in [0.1, 0.15) is 0 Å². The third-order valence-corrected chi connectivity index (χ3v) is 2.82. The molecule has 1 rings (SSSR count). The molecule has 0 heterocycles. The average molecular weight is 289 g/mol. The van der Waals surface area contributed by atoms with E-state index in [9.17, 15) is 0 Å². The molecule has 82 valence electrons. The van der Waals surface area contributed by atoms with Crippen LogP contribution in [0.1, 0.15) is 18.5 Å². The fourth-order valence-electron chi connectivity index (χ4n) is 1.28. The van der Waals surface area contributed by atoms with Gasteiger partial charge in [-0.2, -0.15) is 0 Å². The fourth-order valence-corrected chi connectivity index (χ4v) is 1.83. The fraction of sp³-hybridized carbons (Fsp3) is 0.333. The van der Waals surface area contributed by atoms with E-state index >= 15 is 0 Å². The van der Waals surface area contributed by atoms with Gasteiger partial charge in [-0.05, 0) is 24.6 Å². The monoisotopic (exact) mass is 287 g/mol. The van der Waals surface area contributed by atoms with E-state index in [1.165, 1.54) is 5.56 Å². The maximum atomic E-state index is 5.53. The summed E-state index contributed by atoms with van der Waals surface area (Å²) >= 11 is 9.00. The zero-order valence-corrected chi connectivity index (χ0v) is 11.1. The van der Waals surface area contributed by atoms with Crippen molar-refractivity contribution in [3.05, 3.63) is 46.5 Å². The molecule has 0 amide bonds. The largest absolute Gasteiger partial charge is 0.307 e. The Labute approximate surface area is 105 Å². The lowest BCUT2D eigenvalue weighted by Crippen LogP contribution is -2.18. The minimum atomic E-state index is 0.350. The molecule has 1 unspecified atom stereocenters. The van der Waals surface area contributed by atoms with Crippen LogP contribution in [0.2, 0.25) is 0 Å². The molecule has 0 aliphatic rings. The van der Waals surface area contributed by atoms with Crippen molar-refractivity contribution in [3.63, 3.8) is 0 Å². The minimum Gasteiger partial charge on any atom is -0.307 e. The Morgan fingerprint density at radius 2 is 2.27 bits per heavy atom. The number of benzene rings is 1. The number of hydrogen-bond donors (Lipinski definition) is 1. The van der Waals surface area contributed by atoms with Crippen molar-refractivity contribution >= 4 is 27.5 Å². The van der Waals surface area contributed by atoms with Gasteiger partial charge >= 0.3 is 0 Å². The van der Waals surface area contributed by atoms with E-state index in [0.29, 0.717) is 11.9 Å². The zero-order chi connectivity index (χ0) is 11.1. The molecule has 0 fully saturated rings. The summed E-state index contributed by atoms with van der Waals surface area (Å²) in [6.45, 7) is 3.00. The second kappa shape index (κ2) is 7.04. The molecule has 0 aromatic heterocycles. The van der Waals surface area contributed by atoms with Crippen molar-refractivity contribution in [1.29, 1.82) is 0 Å². The number of hydrogen-bond acceptors (Lipinski definition) is 1. The summed E-state index contributed by atoms with van der Waals surface area (Å²) in [4.78, 5) is 0. The van der Waals surface area contributed by atoms with Crippen LogP contribution in [-0.4, -0.2) is 12.4 Å². The molecule has 1 nitrogen and oxygen atoms in total. The molecule has 0 aliphatic heterocycles. The van der Waals surface area contributed by atoms with Crippen LogP contribution in [0.3, 0.4) is 0 Å². The van der Waals surface area contributed by atoms with Gasteiger partial charge in [0.2, 0.25) is 0 Å². The number of halogens is 2. The minimum absolute atomic E-state index is 0.350. The van der Waals surface area contributed by atoms with Crippen molar-refractivity contribution in [2.75, 3.05) is 12.4 Å². The molecule has 1 aromatic rings. The molecule has 0 spiro atoms. The molecule has 0 saturated carbocycles. The highest BCUT2D eigenvalue weighted by Gasteiger charge is 2.02. The van der Waals surface area contributed by atoms with Gasteiger partial charge in [0.05, 0.1) is 0 Å². The van der Waals surface area contributed by atoms with Gasteiger partial charge in [-0.3, -0.25) is 0 Å². The average Bonchev–Trinajstić information content (AvgIpc) is 2.24. The Balaban J connectivity index is 2.46. The molecule has 0 aliphatic carbocycles. The Hall–Kier alpha value is -0.310. The molecular weight excluding hydrogens is 273 g/mol. The Kier molecular flexibility index (Phi) is 5.99. The smallest absolute Gasteiger partial charge is 0.0404 e. The Morgan fingerprint density at radius 1 is 1.47 bits per heavy atom. The van der Waals surface area contributed by atoms with Crippen molar-refractivity contribution < 1.29 is 0 Å². The summed E-state index contributed by atoms with van der Waals surface area (Å²) in [6.07, 6.45) is 3.99. The van der Waals surface area contributed by atoms with E-state index in [-0.39, 0.29) is 0 Å². The summed E-state index contributed by atoms with van der Waals surface area (Å²) in [5.41, 5.74) is 1.28. The highest BCUT2D eigenvalue weighted by atomic mass is 79.9. The molecule has 1 atom stereocenters. The molecule has 15 heavy (non-hydrogen) atoms. The Morgan fingerprint density at radius 3 is 2.93 bits per heavy atom. The van der Waals surface area contributed by atoms with Crippen LogP contribution in [-0.2, 0) is 0 Å². The highest BCUT2D eigenvalue weighted by molar-refractivity contribution is 9.10. The van der Waals surface area contributed by atoms with Crippen LogP contribution in [0, 0.1) is 0 Å². The number of rotatable bonds is 5. The molecule has 1 aromatic carbocycles. The van der Waals surface area contributed by atoms with Gasteiger partial charge in [-0.15, -0.1) is 11.6 Å². The summed E-state index contributed by atoms with van der Waals surface area (Å²) < 4.78 is 1.12. The molecule has 0 radical (unpaired) electrons. The van der Waals surface area contributed by atoms with Crippen LogP contribution in [0.25, 0.3) is 0 Å². The third-order valence-electron chi connectivity index (χ3n) is 2.15. The molecule has 1 N–H and O–H groups in total. The standard InChI is InChI=1S/C12H15BrClN/c1-10(15-8-3-2-7-14)11-5-4-6-12(13)9-11/h2-6,9-10,15H,7-8H2,1H3/b3-2+. The lowest BCUT2D eigenvalue weighted by Gasteiger charge is -2.12. The second-order valence-corrected chi connectivity index (χ2v) is 4.53. The van der Waals surface area contributed by atoms with Crippen LogP contribution in [0.5, 0.6) is 0 Å². The summed E-state index contributed by atoms with van der Waals surface area (Å²) in [5.74, 6) is 0.576. The van der Waals surface area contributed by atoms with Gasteiger partial charge in [0.15, 0.2) is 0 Å². The van der Waals surface area contributed by atoms with Crippen molar-refractivity contribution in [2.45, 2.75) is 13.0 Å². The quantitative estimate of drug-likeness (QED) is 0.640. The highest BCUT2D eigenvalue weighted by Crippen LogP contribution is 2.17. The predicted octanol–water partition coefficient (Wildman–Crippen LogP) is 3.89. The first-order valence-electron chi connectivity index (χ1n) is 4.94. The summed E-state index contributed by atoms with van der Waals surface area (Å²) in [7, 11) is 0. The second-order valence-electron chi connectivity index (χ2n) is 3.31. The number of allylic oxidation sites excluding steroid dienone is 1. The molecule has 3 heteroatoms. The van der Waals surface area contributed by atoms with E-state index in [2.05, 4.69) is 40.3 Å². The third kappa shape index (κ3) is 4.83. The normalized spacial score (nSPS) is 13.3. The SMILES string of the molecule is CC(NC/C=C/CCl)c1cccc(Br)c1. The van der Waals surface area contributed by atoms with Gasteiger partial charge < -0.3 is 5.32 Å². The maximum Gasteiger partial charge on any atom is 0.0404 e. The van der Waals surface area contributed by atoms with Gasteiger partial charge in [0, 0.05) is 22.9 Å². The van der Waals surface area contributed by atoms with E-state index in [1.54, 1.807) is 0 Å². The molecular formula is C12H15BrClN. The first kappa shape index (κ1) is 12.8. The van der Waals surface area contributed by atoms with Crippen LogP contribution in [0.4, 0.5) is 0 Å². The van der Waals surface area contributed by atoms with E-state index < -0.39 is 0 Å². The van der Waals surface area contributed by atoms with Gasteiger partial charge in [-0.25, -0.2) is 0 Å². The van der Waals surface area contributed by atoms with Gasteiger partial charge in [-0.1, -0.05) is 40.2 Å². The summed E-state index contributed by atoms with van der Waals surface area (Å²) in [6, 6.07) is 8.68. The zero-order valence-electron chi connectivity index (χ0n) is 8.71. The van der Waals surface area contributed by atoms with E-state index in [0.717, 1.165) is 11.0 Å². The van der Waals surface area contributed by atoms with Crippen LogP contribution < -0.4 is 5.32 Å². The van der Waals surface area contributed by atoms with E-state index in [4.69, 9.17) is 11.6 Å². The topological polar surface area (TPSA) is 12.0 Å². The predicted molar refractivity (Wildman–Crippen MR) is 70.4 cm³/mol. The summed E-state index contributed by atoms with van der Waals surface area (Å²) in [5, 5.41) is 3.39. The lowest BCUT2D eigenvalue weighted by molar-refractivity contribution is 0.617. The molecule has 0 saturated heterocycles. The number of nitrogens with one attached hydrogen (secondary N) is 1. The van der Waals surface area contributed by atoms with Crippen LogP contribution >= 0.6 is 27.5 Å². The first-order valence-corrected chi connectivity index (χ1v) is 6.26. The Bertz CT molecular complexity index is 325. The maximum absolute atomic E-state index is 5.53. The van der Waals surface area contributed by atoms with Crippen LogP contribution in [0.15, 0.2) is 40.9 Å². The van der Waals surface area contributed by atoms with Crippen molar-refractivity contribution in [1.82, 2.24) is 5.32 Å².